The molecule has 2 fully saturated rings. The highest BCUT2D eigenvalue weighted by Gasteiger charge is 2.55. The highest BCUT2D eigenvalue weighted by atomic mass is 32.2. The summed E-state index contributed by atoms with van der Waals surface area (Å²) in [6, 6.07) is 7.73. The molecule has 2 heterocycles. The first-order valence-corrected chi connectivity index (χ1v) is 10.00. The van der Waals surface area contributed by atoms with Crippen molar-refractivity contribution in [2.75, 3.05) is 13.4 Å². The number of carbonyl (C=O) groups excluding carboxylic acids is 2. The third-order valence-corrected chi connectivity index (χ3v) is 6.26. The lowest BCUT2D eigenvalue weighted by molar-refractivity contribution is -0.154. The predicted octanol–water partition coefficient (Wildman–Crippen LogP) is 1.20. The quantitative estimate of drug-likeness (QED) is 0.743. The number of benzene rings is 1. The van der Waals surface area contributed by atoms with Gasteiger partial charge in [0.25, 0.3) is 0 Å². The zero-order valence-corrected chi connectivity index (χ0v) is 14.9. The molecule has 2 unspecified atom stereocenters. The molecule has 0 N–H and O–H groups in total. The van der Waals surface area contributed by atoms with Crippen molar-refractivity contribution in [3.63, 3.8) is 0 Å². The molecule has 25 heavy (non-hydrogen) atoms. The average Bonchev–Trinajstić information content (AvgIpc) is 2.91. The van der Waals surface area contributed by atoms with Gasteiger partial charge in [0.15, 0.2) is 0 Å². The first-order valence-electron chi connectivity index (χ1n) is 8.15. The van der Waals surface area contributed by atoms with Gasteiger partial charge in [-0.2, -0.15) is 4.31 Å². The number of sulfonamides is 1. The van der Waals surface area contributed by atoms with E-state index in [4.69, 9.17) is 9.47 Å². The average molecular weight is 367 g/mol. The summed E-state index contributed by atoms with van der Waals surface area (Å²) in [6.45, 7) is 0. The molecule has 2 aliphatic rings. The minimum Gasteiger partial charge on any atom is -0.469 e. The van der Waals surface area contributed by atoms with Gasteiger partial charge in [-0.15, -0.1) is 0 Å². The normalized spacial score (nSPS) is 29.2. The van der Waals surface area contributed by atoms with Gasteiger partial charge in [-0.05, 0) is 25.0 Å². The number of hydrogen-bond donors (Lipinski definition) is 0. The van der Waals surface area contributed by atoms with Crippen molar-refractivity contribution in [2.24, 2.45) is 5.92 Å². The van der Waals surface area contributed by atoms with E-state index in [-0.39, 0.29) is 6.04 Å². The smallest absolute Gasteiger partial charge is 0.338 e. The Kier molecular flexibility index (Phi) is 4.83. The molecule has 7 nitrogen and oxygen atoms in total. The van der Waals surface area contributed by atoms with Crippen LogP contribution < -0.4 is 0 Å². The molecule has 1 aromatic carbocycles. The predicted molar refractivity (Wildman–Crippen MR) is 89.3 cm³/mol. The lowest BCUT2D eigenvalue weighted by atomic mass is 9.89. The highest BCUT2D eigenvalue weighted by molar-refractivity contribution is 7.88. The zero-order chi connectivity index (χ0) is 18.2. The van der Waals surface area contributed by atoms with Crippen molar-refractivity contribution in [3.8, 4) is 0 Å². The van der Waals surface area contributed by atoms with E-state index < -0.39 is 40.0 Å². The van der Waals surface area contributed by atoms with Gasteiger partial charge in [0.2, 0.25) is 10.0 Å². The fourth-order valence-electron chi connectivity index (χ4n) is 3.97. The Labute approximate surface area is 147 Å². The van der Waals surface area contributed by atoms with E-state index in [0.29, 0.717) is 24.8 Å². The minimum absolute atomic E-state index is 0.255. The monoisotopic (exact) mass is 367 g/mol. The second-order valence-corrected chi connectivity index (χ2v) is 8.37. The van der Waals surface area contributed by atoms with Gasteiger partial charge in [0.05, 0.1) is 18.9 Å². The Morgan fingerprint density at radius 3 is 2.44 bits per heavy atom. The number of carbonyl (C=O) groups is 2. The van der Waals surface area contributed by atoms with E-state index in [0.717, 1.165) is 6.26 Å². The Morgan fingerprint density at radius 1 is 1.16 bits per heavy atom. The number of piperidine rings is 1. The molecule has 0 amide bonds. The number of hydrogen-bond acceptors (Lipinski definition) is 6. The van der Waals surface area contributed by atoms with Crippen LogP contribution in [0.5, 0.6) is 0 Å². The van der Waals surface area contributed by atoms with E-state index >= 15 is 0 Å². The number of fused-ring (bicyclic) bond motifs is 2. The van der Waals surface area contributed by atoms with E-state index in [9.17, 15) is 18.0 Å². The summed E-state index contributed by atoms with van der Waals surface area (Å²) in [5, 5.41) is 0. The third-order valence-electron chi connectivity index (χ3n) is 4.93. The van der Waals surface area contributed by atoms with Gasteiger partial charge >= 0.3 is 11.9 Å². The fourth-order valence-corrected chi connectivity index (χ4v) is 5.43. The minimum atomic E-state index is -3.46. The van der Waals surface area contributed by atoms with E-state index in [2.05, 4.69) is 0 Å². The van der Waals surface area contributed by atoms with Crippen molar-refractivity contribution in [1.82, 2.24) is 4.31 Å². The van der Waals surface area contributed by atoms with Crippen molar-refractivity contribution in [1.29, 1.82) is 0 Å². The maximum Gasteiger partial charge on any atom is 0.338 e. The topological polar surface area (TPSA) is 90.0 Å². The summed E-state index contributed by atoms with van der Waals surface area (Å²) in [7, 11) is -2.20. The van der Waals surface area contributed by atoms with Gasteiger partial charge in [-0.3, -0.25) is 4.79 Å². The first-order chi connectivity index (χ1) is 11.8. The largest absolute Gasteiger partial charge is 0.469 e. The molecule has 2 bridgehead atoms. The molecule has 2 saturated heterocycles. The van der Waals surface area contributed by atoms with Gasteiger partial charge in [-0.25, -0.2) is 13.2 Å². The molecule has 2 aliphatic heterocycles. The molecule has 136 valence electrons. The number of ether oxygens (including phenoxy) is 2. The van der Waals surface area contributed by atoms with Crippen LogP contribution in [-0.2, 0) is 24.3 Å². The summed E-state index contributed by atoms with van der Waals surface area (Å²) in [4.78, 5) is 24.7. The van der Waals surface area contributed by atoms with Crippen molar-refractivity contribution < 1.29 is 27.5 Å². The van der Waals surface area contributed by atoms with Crippen LogP contribution >= 0.6 is 0 Å². The van der Waals surface area contributed by atoms with Crippen LogP contribution in [0.4, 0.5) is 0 Å². The van der Waals surface area contributed by atoms with Gasteiger partial charge < -0.3 is 9.47 Å². The second kappa shape index (κ2) is 6.76. The molecule has 0 saturated carbocycles. The number of nitrogens with zero attached hydrogens (tertiary/aromatic N) is 1. The standard InChI is InChI=1S/C17H21NO6S/c1-23-17(20)15-13-9-8-12(18(13)25(2,21)22)10-14(15)24-16(19)11-6-4-3-5-7-11/h3-7,12-15H,8-10H2,1-2H3/t12?,13?,14-,15+/m0/s1. The van der Waals surface area contributed by atoms with Crippen molar-refractivity contribution in [2.45, 2.75) is 37.5 Å². The van der Waals surface area contributed by atoms with Crippen molar-refractivity contribution in [3.05, 3.63) is 35.9 Å². The maximum atomic E-state index is 12.4. The molecular weight excluding hydrogens is 346 g/mol. The van der Waals surface area contributed by atoms with Crippen LogP contribution in [0.25, 0.3) is 0 Å². The van der Waals surface area contributed by atoms with Crippen LogP contribution in [0.2, 0.25) is 0 Å². The number of methoxy groups -OCH3 is 1. The van der Waals surface area contributed by atoms with E-state index in [1.807, 2.05) is 0 Å². The second-order valence-electron chi connectivity index (χ2n) is 6.49. The molecular formula is C17H21NO6S. The van der Waals surface area contributed by atoms with E-state index in [1.165, 1.54) is 11.4 Å². The Bertz CT molecular complexity index is 763. The summed E-state index contributed by atoms with van der Waals surface area (Å²) >= 11 is 0. The van der Waals surface area contributed by atoms with Crippen LogP contribution in [-0.4, -0.2) is 56.2 Å². The summed E-state index contributed by atoms with van der Waals surface area (Å²) in [6.07, 6.45) is 1.93. The molecule has 8 heteroatoms. The van der Waals surface area contributed by atoms with Crippen molar-refractivity contribution >= 4 is 22.0 Å². The Hall–Kier alpha value is -1.93. The molecule has 0 radical (unpaired) electrons. The molecule has 0 spiro atoms. The molecule has 4 atom stereocenters. The van der Waals surface area contributed by atoms with Gasteiger partial charge in [-0.1, -0.05) is 18.2 Å². The van der Waals surface area contributed by atoms with E-state index in [1.54, 1.807) is 30.3 Å². The maximum absolute atomic E-state index is 12.4. The van der Waals surface area contributed by atoms with Gasteiger partial charge in [0, 0.05) is 18.5 Å². The van der Waals surface area contributed by atoms with Gasteiger partial charge in [0.1, 0.15) is 12.0 Å². The summed E-state index contributed by atoms with van der Waals surface area (Å²) in [5.74, 6) is -1.89. The molecule has 3 rings (SSSR count). The number of rotatable bonds is 4. The van der Waals surface area contributed by atoms with Crippen LogP contribution in [0.15, 0.2) is 30.3 Å². The molecule has 1 aromatic rings. The SMILES string of the molecule is COC(=O)[C@@H]1C2CCC(C[C@@H]1OC(=O)c1ccccc1)N2S(C)(=O)=O. The lowest BCUT2D eigenvalue weighted by Crippen LogP contribution is -2.56. The number of esters is 2. The fraction of sp³-hybridized carbons (Fsp3) is 0.529. The third kappa shape index (κ3) is 3.41. The molecule has 0 aliphatic carbocycles. The highest BCUT2D eigenvalue weighted by Crippen LogP contribution is 2.42. The lowest BCUT2D eigenvalue weighted by Gasteiger charge is -2.41. The van der Waals surface area contributed by atoms with Crippen LogP contribution in [0.1, 0.15) is 29.6 Å². The summed E-state index contributed by atoms with van der Waals surface area (Å²) < 4.78 is 36.1. The molecule has 0 aromatic heterocycles. The summed E-state index contributed by atoms with van der Waals surface area (Å²) in [5.41, 5.74) is 0.393. The zero-order valence-electron chi connectivity index (χ0n) is 14.1. The first kappa shape index (κ1) is 17.9. The van der Waals surface area contributed by atoms with Crippen LogP contribution in [0, 0.1) is 5.92 Å². The van der Waals surface area contributed by atoms with Crippen LogP contribution in [0.3, 0.4) is 0 Å². The Morgan fingerprint density at radius 2 is 1.84 bits per heavy atom. The Balaban J connectivity index is 1.87.